The predicted octanol–water partition coefficient (Wildman–Crippen LogP) is 3.61. The lowest BCUT2D eigenvalue weighted by atomic mass is 9.95. The quantitative estimate of drug-likeness (QED) is 0.438. The van der Waals surface area contributed by atoms with Crippen LogP contribution in [0.1, 0.15) is 22.9 Å². The van der Waals surface area contributed by atoms with Crippen LogP contribution in [0, 0.1) is 6.92 Å². The Morgan fingerprint density at radius 1 is 1.04 bits per heavy atom. The van der Waals surface area contributed by atoms with E-state index in [1.807, 2.05) is 24.3 Å². The van der Waals surface area contributed by atoms with Crippen molar-refractivity contribution in [3.05, 3.63) is 89.2 Å². The van der Waals surface area contributed by atoms with E-state index >= 15 is 0 Å². The molecule has 1 aliphatic heterocycles. The van der Waals surface area contributed by atoms with E-state index in [1.54, 1.807) is 49.4 Å². The van der Waals surface area contributed by atoms with Crippen molar-refractivity contribution in [2.75, 3.05) is 4.90 Å². The summed E-state index contributed by atoms with van der Waals surface area (Å²) in [6.45, 7) is 1.70. The minimum absolute atomic E-state index is 0.0260. The van der Waals surface area contributed by atoms with Crippen molar-refractivity contribution < 1.29 is 19.2 Å². The number of anilines is 1. The van der Waals surface area contributed by atoms with Gasteiger partial charge in [-0.2, -0.15) is 0 Å². The van der Waals surface area contributed by atoms with Crippen molar-refractivity contribution in [2.24, 2.45) is 0 Å². The Morgan fingerprint density at radius 3 is 2.26 bits per heavy atom. The normalized spacial score (nSPS) is 18.9. The minimum atomic E-state index is -0.795. The zero-order valence-electron chi connectivity index (χ0n) is 14.5. The molecule has 0 saturated carbocycles. The van der Waals surface area contributed by atoms with E-state index in [0.29, 0.717) is 16.9 Å². The number of ketones is 1. The molecule has 1 amide bonds. The van der Waals surface area contributed by atoms with Crippen LogP contribution in [0.2, 0.25) is 0 Å². The summed E-state index contributed by atoms with van der Waals surface area (Å²) in [5.41, 5.74) is 1.18. The second-order valence-electron chi connectivity index (χ2n) is 6.24. The first-order valence-corrected chi connectivity index (χ1v) is 8.42. The van der Waals surface area contributed by atoms with Crippen LogP contribution in [-0.2, 0) is 9.59 Å². The van der Waals surface area contributed by atoms with Crippen LogP contribution in [0.15, 0.2) is 76.8 Å². The van der Waals surface area contributed by atoms with Crippen molar-refractivity contribution in [3.63, 3.8) is 0 Å². The molecule has 3 aromatic rings. The molecule has 1 aliphatic rings. The molecule has 27 heavy (non-hydrogen) atoms. The molecule has 1 saturated heterocycles. The minimum Gasteiger partial charge on any atom is -0.507 e. The first-order chi connectivity index (χ1) is 13.1. The summed E-state index contributed by atoms with van der Waals surface area (Å²) in [5, 5.41) is 14.7. The summed E-state index contributed by atoms with van der Waals surface area (Å²) in [5.74, 6) is -0.983. The van der Waals surface area contributed by atoms with Gasteiger partial charge in [0.15, 0.2) is 5.82 Å². The lowest BCUT2D eigenvalue weighted by Gasteiger charge is -2.22. The fourth-order valence-electron chi connectivity index (χ4n) is 3.24. The maximum absolute atomic E-state index is 12.8. The largest absolute Gasteiger partial charge is 0.507 e. The molecule has 2 heterocycles. The highest BCUT2D eigenvalue weighted by molar-refractivity contribution is 6.51. The third kappa shape index (κ3) is 2.81. The van der Waals surface area contributed by atoms with E-state index in [9.17, 15) is 14.7 Å². The zero-order chi connectivity index (χ0) is 19.0. The van der Waals surface area contributed by atoms with E-state index < -0.39 is 17.7 Å². The smallest absolute Gasteiger partial charge is 0.301 e. The molecule has 2 aromatic carbocycles. The molecule has 0 unspecified atom stereocenters. The highest BCUT2D eigenvalue weighted by atomic mass is 16.5. The molecule has 1 aromatic heterocycles. The van der Waals surface area contributed by atoms with Gasteiger partial charge >= 0.3 is 5.91 Å². The monoisotopic (exact) mass is 360 g/mol. The van der Waals surface area contributed by atoms with Crippen LogP contribution in [-0.4, -0.2) is 22.0 Å². The van der Waals surface area contributed by atoms with E-state index in [4.69, 9.17) is 4.52 Å². The summed E-state index contributed by atoms with van der Waals surface area (Å²) in [6, 6.07) is 18.5. The Balaban J connectivity index is 1.94. The lowest BCUT2D eigenvalue weighted by Crippen LogP contribution is -2.29. The Hall–Kier alpha value is -3.67. The van der Waals surface area contributed by atoms with E-state index in [2.05, 4.69) is 5.16 Å². The van der Waals surface area contributed by atoms with E-state index in [1.165, 1.54) is 4.90 Å². The first kappa shape index (κ1) is 16.8. The van der Waals surface area contributed by atoms with Gasteiger partial charge in [0.05, 0.1) is 11.6 Å². The van der Waals surface area contributed by atoms with Gasteiger partial charge in [0, 0.05) is 11.6 Å². The lowest BCUT2D eigenvalue weighted by molar-refractivity contribution is -0.132. The Kier molecular flexibility index (Phi) is 4.08. The number of carbonyl (C=O) groups excluding carboxylic acids is 2. The van der Waals surface area contributed by atoms with Gasteiger partial charge in [-0.3, -0.25) is 14.5 Å². The van der Waals surface area contributed by atoms with Crippen LogP contribution < -0.4 is 4.90 Å². The SMILES string of the molecule is Cc1cc(N2C(=O)C(=O)/C(=C(/O)c3ccccc3)[C@@H]2c2ccccc2)no1. The first-order valence-electron chi connectivity index (χ1n) is 8.42. The number of amides is 1. The molecule has 1 N–H and O–H groups in total. The number of aryl methyl sites for hydroxylation is 1. The summed E-state index contributed by atoms with van der Waals surface area (Å²) in [4.78, 5) is 26.9. The highest BCUT2D eigenvalue weighted by Gasteiger charge is 2.48. The van der Waals surface area contributed by atoms with Crippen LogP contribution in [0.25, 0.3) is 5.76 Å². The van der Waals surface area contributed by atoms with Crippen molar-refractivity contribution in [2.45, 2.75) is 13.0 Å². The second kappa shape index (κ2) is 6.57. The number of aliphatic hydroxyl groups excluding tert-OH is 1. The number of carbonyl (C=O) groups is 2. The molecule has 1 atom stereocenters. The second-order valence-corrected chi connectivity index (χ2v) is 6.24. The molecule has 0 radical (unpaired) electrons. The summed E-state index contributed by atoms with van der Waals surface area (Å²) in [6.07, 6.45) is 0. The number of aliphatic hydroxyl groups is 1. The summed E-state index contributed by atoms with van der Waals surface area (Å²) >= 11 is 0. The van der Waals surface area contributed by atoms with Crippen molar-refractivity contribution in [3.8, 4) is 0 Å². The van der Waals surface area contributed by atoms with Gasteiger partial charge in [-0.05, 0) is 12.5 Å². The van der Waals surface area contributed by atoms with Crippen molar-refractivity contribution >= 4 is 23.3 Å². The van der Waals surface area contributed by atoms with Crippen molar-refractivity contribution in [1.82, 2.24) is 5.16 Å². The molecule has 6 nitrogen and oxygen atoms in total. The average Bonchev–Trinajstić information content (AvgIpc) is 3.24. The summed E-state index contributed by atoms with van der Waals surface area (Å²) < 4.78 is 5.09. The molecular formula is C21H16N2O4. The third-order valence-corrected chi connectivity index (χ3v) is 4.47. The third-order valence-electron chi connectivity index (χ3n) is 4.47. The zero-order valence-corrected chi connectivity index (χ0v) is 14.5. The molecule has 1 fully saturated rings. The molecule has 0 spiro atoms. The van der Waals surface area contributed by atoms with Gasteiger partial charge < -0.3 is 9.63 Å². The molecule has 4 rings (SSSR count). The van der Waals surface area contributed by atoms with E-state index in [0.717, 1.165) is 0 Å². The standard InChI is InChI=1S/C21H16N2O4/c1-13-12-16(22-27-13)23-18(14-8-4-2-5-9-14)17(20(25)21(23)26)19(24)15-10-6-3-7-11-15/h2-12,18,24H,1H3/b19-17+/t18-/m0/s1. The highest BCUT2D eigenvalue weighted by Crippen LogP contribution is 2.41. The number of Topliss-reactive ketones (excluding diaryl/α,β-unsaturated/α-hetero) is 1. The number of nitrogens with zero attached hydrogens (tertiary/aromatic N) is 2. The fraction of sp³-hybridized carbons (Fsp3) is 0.0952. The molecular weight excluding hydrogens is 344 g/mol. The van der Waals surface area contributed by atoms with Gasteiger partial charge in [-0.15, -0.1) is 0 Å². The van der Waals surface area contributed by atoms with Crippen LogP contribution in [0.5, 0.6) is 0 Å². The van der Waals surface area contributed by atoms with Gasteiger partial charge in [0.1, 0.15) is 11.5 Å². The number of benzene rings is 2. The van der Waals surface area contributed by atoms with Crippen LogP contribution >= 0.6 is 0 Å². The fourth-order valence-corrected chi connectivity index (χ4v) is 3.24. The molecule has 0 bridgehead atoms. The van der Waals surface area contributed by atoms with Gasteiger partial charge in [-0.25, -0.2) is 0 Å². The maximum atomic E-state index is 12.8. The van der Waals surface area contributed by atoms with Crippen LogP contribution in [0.3, 0.4) is 0 Å². The number of hydrogen-bond acceptors (Lipinski definition) is 5. The molecule has 6 heteroatoms. The van der Waals surface area contributed by atoms with Crippen LogP contribution in [0.4, 0.5) is 5.82 Å². The molecule has 0 aliphatic carbocycles. The number of rotatable bonds is 3. The molecule has 134 valence electrons. The van der Waals surface area contributed by atoms with Gasteiger partial charge in [0.25, 0.3) is 5.78 Å². The predicted molar refractivity (Wildman–Crippen MR) is 98.9 cm³/mol. The Bertz CT molecular complexity index is 1040. The van der Waals surface area contributed by atoms with E-state index in [-0.39, 0.29) is 17.2 Å². The average molecular weight is 360 g/mol. The summed E-state index contributed by atoms with van der Waals surface area (Å²) in [7, 11) is 0. The van der Waals surface area contributed by atoms with Gasteiger partial charge in [-0.1, -0.05) is 65.8 Å². The number of aromatic nitrogens is 1. The van der Waals surface area contributed by atoms with Crippen molar-refractivity contribution in [1.29, 1.82) is 0 Å². The Labute approximate surface area is 155 Å². The van der Waals surface area contributed by atoms with Gasteiger partial charge in [0.2, 0.25) is 0 Å². The maximum Gasteiger partial charge on any atom is 0.301 e. The topological polar surface area (TPSA) is 83.6 Å². The number of hydrogen-bond donors (Lipinski definition) is 1. The Morgan fingerprint density at radius 2 is 1.67 bits per heavy atom.